The molecule has 1 aromatic rings. The minimum absolute atomic E-state index is 0.0297. The number of hydrogen-bond acceptors (Lipinski definition) is 1. The monoisotopic (exact) mass is 253 g/mol. The Morgan fingerprint density at radius 3 is 2.53 bits per heavy atom. The molecule has 0 saturated heterocycles. The van der Waals surface area contributed by atoms with Crippen LogP contribution >= 0.6 is 11.6 Å². The second-order valence-corrected chi connectivity index (χ2v) is 5.38. The third kappa shape index (κ3) is 4.39. The Balaban J connectivity index is 2.66. The van der Waals surface area contributed by atoms with Crippen LogP contribution < -0.4 is 5.32 Å². The highest BCUT2D eigenvalue weighted by Gasteiger charge is 2.11. The number of aryl methyl sites for hydroxylation is 1. The number of carbonyl (C=O) groups is 1. The maximum absolute atomic E-state index is 11.9. The molecular formula is C14H20ClNO. The SMILES string of the molecule is Cc1cc(C(=O)NC(C)CC(C)C)ccc1Cl. The fourth-order valence-electron chi connectivity index (χ4n) is 1.86. The lowest BCUT2D eigenvalue weighted by atomic mass is 10.0. The molecule has 0 fully saturated rings. The fraction of sp³-hybridized carbons (Fsp3) is 0.500. The third-order valence-corrected chi connectivity index (χ3v) is 3.05. The molecule has 2 nitrogen and oxygen atoms in total. The highest BCUT2D eigenvalue weighted by Crippen LogP contribution is 2.16. The van der Waals surface area contributed by atoms with Crippen molar-refractivity contribution in [2.45, 2.75) is 40.2 Å². The second-order valence-electron chi connectivity index (χ2n) is 4.97. The first-order valence-electron chi connectivity index (χ1n) is 5.97. The van der Waals surface area contributed by atoms with Crippen LogP contribution in [0.25, 0.3) is 0 Å². The largest absolute Gasteiger partial charge is 0.350 e. The fourth-order valence-corrected chi connectivity index (χ4v) is 1.98. The summed E-state index contributed by atoms with van der Waals surface area (Å²) in [6, 6.07) is 5.53. The van der Waals surface area contributed by atoms with Crippen molar-refractivity contribution in [3.8, 4) is 0 Å². The van der Waals surface area contributed by atoms with Crippen LogP contribution in [0.4, 0.5) is 0 Å². The summed E-state index contributed by atoms with van der Waals surface area (Å²) in [5.41, 5.74) is 1.60. The maximum Gasteiger partial charge on any atom is 0.251 e. The van der Waals surface area contributed by atoms with Gasteiger partial charge in [0, 0.05) is 16.6 Å². The molecule has 1 amide bonds. The van der Waals surface area contributed by atoms with Crippen LogP contribution in [0.5, 0.6) is 0 Å². The first-order valence-corrected chi connectivity index (χ1v) is 6.35. The van der Waals surface area contributed by atoms with E-state index in [-0.39, 0.29) is 11.9 Å². The Bertz CT molecular complexity index is 401. The first kappa shape index (κ1) is 14.0. The second kappa shape index (κ2) is 6.06. The summed E-state index contributed by atoms with van der Waals surface area (Å²) in [6.45, 7) is 8.22. The minimum atomic E-state index is -0.0297. The predicted octanol–water partition coefficient (Wildman–Crippen LogP) is 3.81. The van der Waals surface area contributed by atoms with E-state index in [4.69, 9.17) is 11.6 Å². The molecule has 1 aromatic carbocycles. The van der Waals surface area contributed by atoms with Gasteiger partial charge in [0.1, 0.15) is 0 Å². The first-order chi connectivity index (χ1) is 7.90. The van der Waals surface area contributed by atoms with Crippen molar-refractivity contribution in [1.29, 1.82) is 0 Å². The Kier molecular flexibility index (Phi) is 5.01. The lowest BCUT2D eigenvalue weighted by Crippen LogP contribution is -2.33. The molecular weight excluding hydrogens is 234 g/mol. The standard InChI is InChI=1S/C14H20ClNO/c1-9(2)7-11(4)16-14(17)12-5-6-13(15)10(3)8-12/h5-6,8-9,11H,7H2,1-4H3,(H,16,17). The molecule has 0 aliphatic rings. The van der Waals surface area contributed by atoms with Gasteiger partial charge in [-0.15, -0.1) is 0 Å². The number of amides is 1. The molecule has 0 heterocycles. The van der Waals surface area contributed by atoms with Crippen molar-refractivity contribution < 1.29 is 4.79 Å². The highest BCUT2D eigenvalue weighted by atomic mass is 35.5. The number of nitrogens with one attached hydrogen (secondary N) is 1. The van der Waals surface area contributed by atoms with Crippen molar-refractivity contribution in [2.75, 3.05) is 0 Å². The van der Waals surface area contributed by atoms with Gasteiger partial charge in [-0.25, -0.2) is 0 Å². The number of hydrogen-bond donors (Lipinski definition) is 1. The lowest BCUT2D eigenvalue weighted by molar-refractivity contribution is 0.0936. The van der Waals surface area contributed by atoms with Crippen molar-refractivity contribution in [3.05, 3.63) is 34.3 Å². The third-order valence-electron chi connectivity index (χ3n) is 2.62. The van der Waals surface area contributed by atoms with E-state index in [1.165, 1.54) is 0 Å². The van der Waals surface area contributed by atoms with Crippen LogP contribution in [-0.2, 0) is 0 Å². The number of halogens is 1. The van der Waals surface area contributed by atoms with Crippen LogP contribution in [0.2, 0.25) is 5.02 Å². The van der Waals surface area contributed by atoms with Gasteiger partial charge >= 0.3 is 0 Å². The van der Waals surface area contributed by atoms with E-state index >= 15 is 0 Å². The average molecular weight is 254 g/mol. The summed E-state index contributed by atoms with van der Waals surface area (Å²) in [7, 11) is 0. The summed E-state index contributed by atoms with van der Waals surface area (Å²) < 4.78 is 0. The normalized spacial score (nSPS) is 12.6. The van der Waals surface area contributed by atoms with E-state index < -0.39 is 0 Å². The molecule has 1 atom stereocenters. The summed E-state index contributed by atoms with van der Waals surface area (Å²) in [5, 5.41) is 3.68. The van der Waals surface area contributed by atoms with E-state index in [0.29, 0.717) is 16.5 Å². The molecule has 0 aromatic heterocycles. The van der Waals surface area contributed by atoms with Crippen LogP contribution in [0.15, 0.2) is 18.2 Å². The molecule has 17 heavy (non-hydrogen) atoms. The molecule has 0 radical (unpaired) electrons. The summed E-state index contributed by atoms with van der Waals surface area (Å²) in [4.78, 5) is 11.9. The molecule has 94 valence electrons. The molecule has 0 spiro atoms. The molecule has 0 aliphatic carbocycles. The Labute approximate surface area is 108 Å². The zero-order valence-electron chi connectivity index (χ0n) is 10.9. The van der Waals surface area contributed by atoms with E-state index in [1.807, 2.05) is 19.9 Å². The van der Waals surface area contributed by atoms with Crippen molar-refractivity contribution in [1.82, 2.24) is 5.32 Å². The van der Waals surface area contributed by atoms with E-state index in [0.717, 1.165) is 12.0 Å². The number of rotatable bonds is 4. The molecule has 3 heteroatoms. The molecule has 1 unspecified atom stereocenters. The quantitative estimate of drug-likeness (QED) is 0.869. The van der Waals surface area contributed by atoms with Crippen molar-refractivity contribution in [2.24, 2.45) is 5.92 Å². The van der Waals surface area contributed by atoms with Gasteiger partial charge in [0.15, 0.2) is 0 Å². The van der Waals surface area contributed by atoms with Crippen LogP contribution in [-0.4, -0.2) is 11.9 Å². The van der Waals surface area contributed by atoms with Crippen LogP contribution in [0.1, 0.15) is 43.1 Å². The van der Waals surface area contributed by atoms with E-state index in [2.05, 4.69) is 19.2 Å². The zero-order valence-corrected chi connectivity index (χ0v) is 11.6. The van der Waals surface area contributed by atoms with Gasteiger partial charge in [-0.05, 0) is 49.9 Å². The van der Waals surface area contributed by atoms with Crippen molar-refractivity contribution in [3.63, 3.8) is 0 Å². The zero-order chi connectivity index (χ0) is 13.0. The molecule has 1 rings (SSSR count). The number of benzene rings is 1. The molecule has 0 bridgehead atoms. The van der Waals surface area contributed by atoms with Gasteiger partial charge in [-0.3, -0.25) is 4.79 Å². The predicted molar refractivity (Wildman–Crippen MR) is 72.6 cm³/mol. The van der Waals surface area contributed by atoms with Crippen LogP contribution in [0.3, 0.4) is 0 Å². The van der Waals surface area contributed by atoms with Gasteiger partial charge < -0.3 is 5.32 Å². The average Bonchev–Trinajstić information content (AvgIpc) is 2.20. The summed E-state index contributed by atoms with van der Waals surface area (Å²) in [6.07, 6.45) is 0.984. The van der Waals surface area contributed by atoms with Gasteiger partial charge in [0.05, 0.1) is 0 Å². The smallest absolute Gasteiger partial charge is 0.251 e. The summed E-state index contributed by atoms with van der Waals surface area (Å²) in [5.74, 6) is 0.551. The molecule has 0 aliphatic heterocycles. The van der Waals surface area contributed by atoms with Crippen LogP contribution in [0, 0.1) is 12.8 Å². The Morgan fingerprint density at radius 2 is 2.00 bits per heavy atom. The van der Waals surface area contributed by atoms with Gasteiger partial charge in [-0.2, -0.15) is 0 Å². The van der Waals surface area contributed by atoms with Gasteiger partial charge in [-0.1, -0.05) is 25.4 Å². The maximum atomic E-state index is 11.9. The van der Waals surface area contributed by atoms with E-state index in [1.54, 1.807) is 12.1 Å². The van der Waals surface area contributed by atoms with Gasteiger partial charge in [0.2, 0.25) is 0 Å². The highest BCUT2D eigenvalue weighted by molar-refractivity contribution is 6.31. The number of carbonyl (C=O) groups excluding carboxylic acids is 1. The molecule has 1 N–H and O–H groups in total. The van der Waals surface area contributed by atoms with Crippen molar-refractivity contribution >= 4 is 17.5 Å². The minimum Gasteiger partial charge on any atom is -0.350 e. The van der Waals surface area contributed by atoms with E-state index in [9.17, 15) is 4.79 Å². The Hall–Kier alpha value is -1.02. The Morgan fingerprint density at radius 1 is 1.35 bits per heavy atom. The summed E-state index contributed by atoms with van der Waals surface area (Å²) >= 11 is 5.93. The molecule has 0 saturated carbocycles. The topological polar surface area (TPSA) is 29.1 Å². The lowest BCUT2D eigenvalue weighted by Gasteiger charge is -2.16. The van der Waals surface area contributed by atoms with Gasteiger partial charge in [0.25, 0.3) is 5.91 Å².